The standard InChI is InChI=1S/C20H20O5S/c1-4-5-14-9-15(19(22)24-3)11-17(10-14)26-16-6-7-18(13(2)8-16)20(23)25-12-21/h4,6-13,18H,1,5H2,2-3H3. The number of rotatable bonds is 7. The van der Waals surface area contributed by atoms with Crippen molar-refractivity contribution in [1.29, 1.82) is 0 Å². The molecule has 5 nitrogen and oxygen atoms in total. The van der Waals surface area contributed by atoms with Gasteiger partial charge in [0.25, 0.3) is 0 Å². The monoisotopic (exact) mass is 372 g/mol. The molecule has 2 atom stereocenters. The summed E-state index contributed by atoms with van der Waals surface area (Å²) >= 11 is 1.49. The fraction of sp³-hybridized carbons (Fsp3) is 0.250. The summed E-state index contributed by atoms with van der Waals surface area (Å²) in [5.74, 6) is -1.55. The number of esters is 2. The maximum Gasteiger partial charge on any atom is 0.337 e. The zero-order valence-corrected chi connectivity index (χ0v) is 15.5. The van der Waals surface area contributed by atoms with E-state index in [1.807, 2.05) is 25.1 Å². The third-order valence-electron chi connectivity index (χ3n) is 3.90. The van der Waals surface area contributed by atoms with Gasteiger partial charge in [-0.3, -0.25) is 9.59 Å². The lowest BCUT2D eigenvalue weighted by atomic mass is 9.90. The Morgan fingerprint density at radius 2 is 2.08 bits per heavy atom. The second-order valence-corrected chi connectivity index (χ2v) is 6.95. The van der Waals surface area contributed by atoms with Crippen LogP contribution in [0, 0.1) is 11.8 Å². The summed E-state index contributed by atoms with van der Waals surface area (Å²) < 4.78 is 9.25. The third kappa shape index (κ3) is 4.95. The van der Waals surface area contributed by atoms with Crippen LogP contribution in [0.5, 0.6) is 0 Å². The second-order valence-electron chi connectivity index (χ2n) is 5.80. The van der Waals surface area contributed by atoms with Gasteiger partial charge in [0.1, 0.15) is 0 Å². The highest BCUT2D eigenvalue weighted by Crippen LogP contribution is 2.35. The zero-order chi connectivity index (χ0) is 19.1. The SMILES string of the molecule is C=CCc1cc(SC2=CC(C)C(C(=O)OC=O)C=C2)cc(C(=O)OC)c1. The highest BCUT2D eigenvalue weighted by Gasteiger charge is 2.25. The molecule has 136 valence electrons. The van der Waals surface area contributed by atoms with E-state index < -0.39 is 17.9 Å². The number of hydrogen-bond donors (Lipinski definition) is 0. The number of allylic oxidation sites excluding steroid dienone is 3. The smallest absolute Gasteiger partial charge is 0.337 e. The van der Waals surface area contributed by atoms with Gasteiger partial charge in [-0.05, 0) is 36.1 Å². The maximum atomic E-state index is 11.9. The predicted molar refractivity (Wildman–Crippen MR) is 99.6 cm³/mol. The van der Waals surface area contributed by atoms with E-state index >= 15 is 0 Å². The summed E-state index contributed by atoms with van der Waals surface area (Å²) in [5.41, 5.74) is 1.45. The van der Waals surface area contributed by atoms with Crippen LogP contribution in [0.4, 0.5) is 0 Å². The summed E-state index contributed by atoms with van der Waals surface area (Å²) in [5, 5.41) is 0. The van der Waals surface area contributed by atoms with Crippen molar-refractivity contribution in [1.82, 2.24) is 0 Å². The Kier molecular flexibility index (Phi) is 6.97. The first-order valence-corrected chi connectivity index (χ1v) is 8.85. The van der Waals surface area contributed by atoms with Gasteiger partial charge in [-0.1, -0.05) is 43.0 Å². The lowest BCUT2D eigenvalue weighted by Crippen LogP contribution is -2.22. The van der Waals surface area contributed by atoms with Crippen molar-refractivity contribution in [2.24, 2.45) is 11.8 Å². The number of carbonyl (C=O) groups is 3. The van der Waals surface area contributed by atoms with Crippen LogP contribution in [0.1, 0.15) is 22.8 Å². The van der Waals surface area contributed by atoms with E-state index in [0.29, 0.717) is 12.0 Å². The number of ether oxygens (including phenoxy) is 2. The molecule has 0 bridgehead atoms. The van der Waals surface area contributed by atoms with E-state index in [4.69, 9.17) is 4.74 Å². The number of benzene rings is 1. The first-order valence-electron chi connectivity index (χ1n) is 8.03. The molecule has 1 aromatic carbocycles. The molecule has 0 saturated heterocycles. The molecule has 0 spiro atoms. The van der Waals surface area contributed by atoms with Crippen molar-refractivity contribution in [2.75, 3.05) is 7.11 Å². The zero-order valence-electron chi connectivity index (χ0n) is 14.6. The molecule has 26 heavy (non-hydrogen) atoms. The minimum absolute atomic E-state index is 0.105. The van der Waals surface area contributed by atoms with Gasteiger partial charge in [0.05, 0.1) is 18.6 Å². The Morgan fingerprint density at radius 3 is 2.69 bits per heavy atom. The van der Waals surface area contributed by atoms with Crippen LogP contribution in [0.25, 0.3) is 0 Å². The number of thioether (sulfide) groups is 1. The van der Waals surface area contributed by atoms with Crippen molar-refractivity contribution >= 4 is 30.2 Å². The molecule has 6 heteroatoms. The van der Waals surface area contributed by atoms with E-state index in [9.17, 15) is 14.4 Å². The third-order valence-corrected chi connectivity index (χ3v) is 4.88. The first kappa shape index (κ1) is 19.7. The number of methoxy groups -OCH3 is 1. The molecule has 1 aliphatic carbocycles. The Morgan fingerprint density at radius 1 is 1.31 bits per heavy atom. The Bertz CT molecular complexity index is 778. The highest BCUT2D eigenvalue weighted by molar-refractivity contribution is 8.03. The predicted octanol–water partition coefficient (Wildman–Crippen LogP) is 3.70. The van der Waals surface area contributed by atoms with Crippen molar-refractivity contribution < 1.29 is 23.9 Å². The Balaban J connectivity index is 2.21. The van der Waals surface area contributed by atoms with Gasteiger partial charge in [-0.2, -0.15) is 0 Å². The summed E-state index contributed by atoms with van der Waals surface area (Å²) in [6.45, 7) is 5.76. The van der Waals surface area contributed by atoms with Gasteiger partial charge >= 0.3 is 18.4 Å². The van der Waals surface area contributed by atoms with Crippen molar-refractivity contribution in [3.63, 3.8) is 0 Å². The van der Waals surface area contributed by atoms with Crippen LogP contribution in [0.2, 0.25) is 0 Å². The Labute approximate surface area is 156 Å². The fourth-order valence-electron chi connectivity index (χ4n) is 2.66. The molecule has 2 unspecified atom stereocenters. The Hall–Kier alpha value is -2.60. The molecule has 0 radical (unpaired) electrons. The minimum Gasteiger partial charge on any atom is -0.465 e. The number of hydrogen-bond acceptors (Lipinski definition) is 6. The van der Waals surface area contributed by atoms with E-state index in [1.165, 1.54) is 18.9 Å². The van der Waals surface area contributed by atoms with Gasteiger partial charge in [0, 0.05) is 9.80 Å². The summed E-state index contributed by atoms with van der Waals surface area (Å²) in [6, 6.07) is 5.55. The van der Waals surface area contributed by atoms with Gasteiger partial charge in [-0.25, -0.2) is 4.79 Å². The molecule has 1 aromatic rings. The highest BCUT2D eigenvalue weighted by atomic mass is 32.2. The quantitative estimate of drug-likeness (QED) is 0.315. The van der Waals surface area contributed by atoms with Crippen LogP contribution in [-0.4, -0.2) is 25.5 Å². The van der Waals surface area contributed by atoms with E-state index in [-0.39, 0.29) is 12.4 Å². The van der Waals surface area contributed by atoms with Gasteiger partial charge in [0.2, 0.25) is 0 Å². The van der Waals surface area contributed by atoms with Crippen molar-refractivity contribution in [2.45, 2.75) is 18.2 Å². The van der Waals surface area contributed by atoms with E-state index in [2.05, 4.69) is 11.3 Å². The van der Waals surface area contributed by atoms with Gasteiger partial charge in [0.15, 0.2) is 0 Å². The fourth-order valence-corrected chi connectivity index (χ4v) is 3.75. The maximum absolute atomic E-state index is 11.9. The van der Waals surface area contributed by atoms with Gasteiger partial charge < -0.3 is 9.47 Å². The molecule has 0 aromatic heterocycles. The van der Waals surface area contributed by atoms with Crippen LogP contribution < -0.4 is 0 Å². The summed E-state index contributed by atoms with van der Waals surface area (Å²) in [4.78, 5) is 35.8. The normalized spacial score (nSPS) is 18.6. The van der Waals surface area contributed by atoms with E-state index in [0.717, 1.165) is 15.4 Å². The largest absolute Gasteiger partial charge is 0.465 e. The van der Waals surface area contributed by atoms with E-state index in [1.54, 1.807) is 24.3 Å². The number of carbonyl (C=O) groups excluding carboxylic acids is 3. The van der Waals surface area contributed by atoms with Crippen molar-refractivity contribution in [3.05, 3.63) is 65.1 Å². The lowest BCUT2D eigenvalue weighted by Gasteiger charge is -2.20. The van der Waals surface area contributed by atoms with Crippen LogP contribution >= 0.6 is 11.8 Å². The first-order chi connectivity index (χ1) is 12.5. The molecule has 0 amide bonds. The molecule has 1 aliphatic rings. The summed E-state index contributed by atoms with van der Waals surface area (Å²) in [7, 11) is 1.35. The molecular formula is C20H20O5S. The summed E-state index contributed by atoms with van der Waals surface area (Å²) in [6.07, 6.45) is 7.91. The van der Waals surface area contributed by atoms with Crippen LogP contribution in [0.15, 0.2) is 58.9 Å². The molecule has 0 saturated carbocycles. The molecule has 0 aliphatic heterocycles. The molecule has 2 rings (SSSR count). The second kappa shape index (κ2) is 9.20. The molecule has 0 heterocycles. The van der Waals surface area contributed by atoms with Crippen LogP contribution in [-0.2, 0) is 25.5 Å². The average Bonchev–Trinajstić information content (AvgIpc) is 2.61. The average molecular weight is 372 g/mol. The molecular weight excluding hydrogens is 352 g/mol. The topological polar surface area (TPSA) is 69.7 Å². The van der Waals surface area contributed by atoms with Crippen LogP contribution in [0.3, 0.4) is 0 Å². The molecule has 0 N–H and O–H groups in total. The molecule has 0 fully saturated rings. The minimum atomic E-state index is -0.565. The van der Waals surface area contributed by atoms with Crippen molar-refractivity contribution in [3.8, 4) is 0 Å². The van der Waals surface area contributed by atoms with Gasteiger partial charge in [-0.15, -0.1) is 6.58 Å². The lowest BCUT2D eigenvalue weighted by molar-refractivity contribution is -0.154.